The molecule has 0 spiro atoms. The summed E-state index contributed by atoms with van der Waals surface area (Å²) in [6.45, 7) is 4.77. The van der Waals surface area contributed by atoms with E-state index in [1.165, 1.54) is 0 Å². The molecule has 0 bridgehead atoms. The Kier molecular flexibility index (Phi) is 3.87. The maximum Gasteiger partial charge on any atom is 0.317 e. The number of hydrogen-bond acceptors (Lipinski definition) is 4. The van der Waals surface area contributed by atoms with Crippen molar-refractivity contribution in [1.82, 2.24) is 20.2 Å². The van der Waals surface area contributed by atoms with Crippen molar-refractivity contribution in [3.8, 4) is 0 Å². The summed E-state index contributed by atoms with van der Waals surface area (Å²) >= 11 is 0. The molecule has 1 N–H and O–H groups in total. The van der Waals surface area contributed by atoms with Gasteiger partial charge in [-0.05, 0) is 13.0 Å². The molecule has 0 radical (unpaired) electrons. The van der Waals surface area contributed by atoms with Crippen molar-refractivity contribution in [3.63, 3.8) is 0 Å². The Balaban J connectivity index is 1.83. The van der Waals surface area contributed by atoms with Crippen LogP contribution >= 0.6 is 0 Å². The molecule has 92 valence electrons. The zero-order valence-corrected chi connectivity index (χ0v) is 9.85. The maximum atomic E-state index is 11.8. The standard InChI is InChI=1S/C11H16N4O2/c1-9-12-3-2-10(14-9)8-13-11(16)15-4-6-17-7-5-15/h2-3H,4-8H2,1H3,(H,13,16). The summed E-state index contributed by atoms with van der Waals surface area (Å²) in [6.07, 6.45) is 1.69. The Hall–Kier alpha value is -1.69. The van der Waals surface area contributed by atoms with Gasteiger partial charge in [-0.15, -0.1) is 0 Å². The number of aromatic nitrogens is 2. The SMILES string of the molecule is Cc1nccc(CNC(=O)N2CCOCC2)n1. The fourth-order valence-electron chi connectivity index (χ4n) is 1.65. The van der Waals surface area contributed by atoms with Crippen LogP contribution in [0.4, 0.5) is 4.79 Å². The van der Waals surface area contributed by atoms with Gasteiger partial charge in [0.05, 0.1) is 25.5 Å². The third-order valence-corrected chi connectivity index (χ3v) is 2.55. The molecule has 0 saturated carbocycles. The molecule has 1 aromatic heterocycles. The van der Waals surface area contributed by atoms with Crippen molar-refractivity contribution in [1.29, 1.82) is 0 Å². The molecule has 1 aromatic rings. The van der Waals surface area contributed by atoms with Crippen LogP contribution in [0.1, 0.15) is 11.5 Å². The molecule has 1 saturated heterocycles. The molecule has 6 nitrogen and oxygen atoms in total. The van der Waals surface area contributed by atoms with Gasteiger partial charge in [0.25, 0.3) is 0 Å². The lowest BCUT2D eigenvalue weighted by molar-refractivity contribution is 0.0531. The molecule has 2 amide bonds. The van der Waals surface area contributed by atoms with Gasteiger partial charge in [0.15, 0.2) is 0 Å². The number of rotatable bonds is 2. The number of carbonyl (C=O) groups excluding carboxylic acids is 1. The molecule has 1 fully saturated rings. The zero-order chi connectivity index (χ0) is 12.1. The van der Waals surface area contributed by atoms with Crippen molar-refractivity contribution in [2.45, 2.75) is 13.5 Å². The smallest absolute Gasteiger partial charge is 0.317 e. The number of nitrogens with zero attached hydrogens (tertiary/aromatic N) is 3. The zero-order valence-electron chi connectivity index (χ0n) is 9.85. The first-order valence-electron chi connectivity index (χ1n) is 5.65. The summed E-state index contributed by atoms with van der Waals surface area (Å²) in [7, 11) is 0. The minimum absolute atomic E-state index is 0.0652. The predicted molar refractivity (Wildman–Crippen MR) is 61.4 cm³/mol. The van der Waals surface area contributed by atoms with E-state index in [1.54, 1.807) is 17.2 Å². The van der Waals surface area contributed by atoms with E-state index in [0.29, 0.717) is 38.7 Å². The minimum Gasteiger partial charge on any atom is -0.378 e. The number of aryl methyl sites for hydroxylation is 1. The summed E-state index contributed by atoms with van der Waals surface area (Å²) in [6, 6.07) is 1.73. The number of hydrogen-bond donors (Lipinski definition) is 1. The van der Waals surface area contributed by atoms with E-state index in [1.807, 2.05) is 6.92 Å². The molecule has 1 aliphatic rings. The van der Waals surface area contributed by atoms with Gasteiger partial charge in [0.2, 0.25) is 0 Å². The lowest BCUT2D eigenvalue weighted by atomic mass is 10.4. The fraction of sp³-hybridized carbons (Fsp3) is 0.545. The largest absolute Gasteiger partial charge is 0.378 e. The fourth-order valence-corrected chi connectivity index (χ4v) is 1.65. The van der Waals surface area contributed by atoms with Gasteiger partial charge in [-0.25, -0.2) is 14.8 Å². The quantitative estimate of drug-likeness (QED) is 0.803. The van der Waals surface area contributed by atoms with Gasteiger partial charge < -0.3 is 15.0 Å². The van der Waals surface area contributed by atoms with Crippen LogP contribution in [0.25, 0.3) is 0 Å². The molecule has 0 atom stereocenters. The highest BCUT2D eigenvalue weighted by molar-refractivity contribution is 5.74. The van der Waals surface area contributed by atoms with E-state index in [9.17, 15) is 4.79 Å². The molecule has 2 rings (SSSR count). The first-order valence-corrected chi connectivity index (χ1v) is 5.65. The van der Waals surface area contributed by atoms with E-state index in [4.69, 9.17) is 4.74 Å². The molecule has 0 aliphatic carbocycles. The predicted octanol–water partition coefficient (Wildman–Crippen LogP) is 0.327. The summed E-state index contributed by atoms with van der Waals surface area (Å²) in [5.41, 5.74) is 0.819. The van der Waals surface area contributed by atoms with Crippen LogP contribution in [-0.2, 0) is 11.3 Å². The van der Waals surface area contributed by atoms with E-state index < -0.39 is 0 Å². The molecular formula is C11H16N4O2. The molecule has 0 unspecified atom stereocenters. The third kappa shape index (κ3) is 3.39. The van der Waals surface area contributed by atoms with E-state index in [0.717, 1.165) is 5.69 Å². The van der Waals surface area contributed by atoms with Gasteiger partial charge in [0, 0.05) is 19.3 Å². The molecule has 1 aliphatic heterocycles. The first kappa shape index (κ1) is 11.8. The van der Waals surface area contributed by atoms with Gasteiger partial charge in [-0.2, -0.15) is 0 Å². The molecule has 17 heavy (non-hydrogen) atoms. The number of ether oxygens (including phenoxy) is 1. The highest BCUT2D eigenvalue weighted by Gasteiger charge is 2.16. The Morgan fingerprint density at radius 3 is 3.00 bits per heavy atom. The highest BCUT2D eigenvalue weighted by atomic mass is 16.5. The van der Waals surface area contributed by atoms with Crippen molar-refractivity contribution in [2.75, 3.05) is 26.3 Å². The van der Waals surface area contributed by atoms with E-state index >= 15 is 0 Å². The van der Waals surface area contributed by atoms with Gasteiger partial charge in [-0.1, -0.05) is 0 Å². The highest BCUT2D eigenvalue weighted by Crippen LogP contribution is 1.99. The van der Waals surface area contributed by atoms with Crippen LogP contribution in [0, 0.1) is 6.92 Å². The van der Waals surface area contributed by atoms with Gasteiger partial charge in [0.1, 0.15) is 5.82 Å². The summed E-state index contributed by atoms with van der Waals surface area (Å²) < 4.78 is 5.19. The molecule has 0 aromatic carbocycles. The Labute approximate surface area is 100 Å². The van der Waals surface area contributed by atoms with Crippen LogP contribution in [-0.4, -0.2) is 47.2 Å². The van der Waals surface area contributed by atoms with Crippen LogP contribution in [0.15, 0.2) is 12.3 Å². The van der Waals surface area contributed by atoms with Crippen molar-refractivity contribution in [2.24, 2.45) is 0 Å². The average Bonchev–Trinajstić information content (AvgIpc) is 2.37. The Morgan fingerprint density at radius 1 is 1.53 bits per heavy atom. The Bertz CT molecular complexity index is 391. The molecular weight excluding hydrogens is 220 g/mol. The number of urea groups is 1. The van der Waals surface area contributed by atoms with Crippen LogP contribution in [0.5, 0.6) is 0 Å². The summed E-state index contributed by atoms with van der Waals surface area (Å²) in [5, 5.41) is 2.84. The second kappa shape index (κ2) is 5.58. The average molecular weight is 236 g/mol. The Morgan fingerprint density at radius 2 is 2.29 bits per heavy atom. The van der Waals surface area contributed by atoms with Crippen LogP contribution < -0.4 is 5.32 Å². The third-order valence-electron chi connectivity index (χ3n) is 2.55. The van der Waals surface area contributed by atoms with E-state index in [2.05, 4.69) is 15.3 Å². The number of nitrogens with one attached hydrogen (secondary N) is 1. The van der Waals surface area contributed by atoms with Gasteiger partial charge >= 0.3 is 6.03 Å². The van der Waals surface area contributed by atoms with Crippen molar-refractivity contribution >= 4 is 6.03 Å². The number of morpholine rings is 1. The maximum absolute atomic E-state index is 11.8. The second-order valence-corrected chi connectivity index (χ2v) is 3.85. The van der Waals surface area contributed by atoms with E-state index in [-0.39, 0.29) is 6.03 Å². The minimum atomic E-state index is -0.0652. The molecule has 6 heteroatoms. The lowest BCUT2D eigenvalue weighted by Gasteiger charge is -2.26. The topological polar surface area (TPSA) is 67.4 Å². The van der Waals surface area contributed by atoms with Crippen molar-refractivity contribution in [3.05, 3.63) is 23.8 Å². The summed E-state index contributed by atoms with van der Waals surface area (Å²) in [4.78, 5) is 21.7. The van der Waals surface area contributed by atoms with Crippen LogP contribution in [0.3, 0.4) is 0 Å². The van der Waals surface area contributed by atoms with Crippen LogP contribution in [0.2, 0.25) is 0 Å². The second-order valence-electron chi connectivity index (χ2n) is 3.85. The normalized spacial score (nSPS) is 15.7. The summed E-state index contributed by atoms with van der Waals surface area (Å²) in [5.74, 6) is 0.711. The lowest BCUT2D eigenvalue weighted by Crippen LogP contribution is -2.46. The van der Waals surface area contributed by atoms with Gasteiger partial charge in [-0.3, -0.25) is 0 Å². The number of amides is 2. The van der Waals surface area contributed by atoms with Crippen molar-refractivity contribution < 1.29 is 9.53 Å². The monoisotopic (exact) mass is 236 g/mol. The molecule has 2 heterocycles. The number of carbonyl (C=O) groups is 1. The first-order chi connectivity index (χ1) is 8.25.